The van der Waals surface area contributed by atoms with E-state index < -0.39 is 5.41 Å². The Kier molecular flexibility index (Phi) is 5.63. The van der Waals surface area contributed by atoms with Crippen molar-refractivity contribution < 1.29 is 19.1 Å². The summed E-state index contributed by atoms with van der Waals surface area (Å²) in [5.41, 5.74) is 1.18. The van der Waals surface area contributed by atoms with Crippen LogP contribution in [0.3, 0.4) is 0 Å². The molecular weight excluding hydrogens is 344 g/mol. The minimum Gasteiger partial charge on any atom is -0.493 e. The van der Waals surface area contributed by atoms with Gasteiger partial charge in [0, 0.05) is 26.2 Å². The molecule has 2 aliphatic rings. The zero-order valence-corrected chi connectivity index (χ0v) is 16.8. The number of benzene rings is 1. The number of amides is 2. The lowest BCUT2D eigenvalue weighted by molar-refractivity contribution is -0.155. The molecule has 0 unspecified atom stereocenters. The van der Waals surface area contributed by atoms with Crippen molar-refractivity contribution in [2.24, 2.45) is 5.41 Å². The molecule has 0 bridgehead atoms. The van der Waals surface area contributed by atoms with Gasteiger partial charge in [0.1, 0.15) is 5.41 Å². The number of fused-ring (bicyclic) bond motifs is 1. The second-order valence-corrected chi connectivity index (χ2v) is 7.93. The summed E-state index contributed by atoms with van der Waals surface area (Å²) in [5, 5.41) is 0. The van der Waals surface area contributed by atoms with Gasteiger partial charge in [0.25, 0.3) is 0 Å². The first kappa shape index (κ1) is 19.5. The second kappa shape index (κ2) is 7.79. The van der Waals surface area contributed by atoms with Crippen molar-refractivity contribution in [3.63, 3.8) is 0 Å². The highest BCUT2D eigenvalue weighted by atomic mass is 16.5. The van der Waals surface area contributed by atoms with Crippen LogP contribution in [0, 0.1) is 5.41 Å². The lowest BCUT2D eigenvalue weighted by Crippen LogP contribution is -2.52. The number of piperidine rings is 1. The first-order valence-corrected chi connectivity index (χ1v) is 9.71. The van der Waals surface area contributed by atoms with E-state index in [0.29, 0.717) is 24.6 Å². The summed E-state index contributed by atoms with van der Waals surface area (Å²) >= 11 is 0. The minimum absolute atomic E-state index is 0.0506. The summed E-state index contributed by atoms with van der Waals surface area (Å²) in [6.45, 7) is 6.14. The molecule has 2 heterocycles. The molecular formula is C21H30N2O4. The normalized spacial score (nSPS) is 17.3. The van der Waals surface area contributed by atoms with Crippen LogP contribution in [0.1, 0.15) is 44.2 Å². The summed E-state index contributed by atoms with van der Waals surface area (Å²) < 4.78 is 10.8. The van der Waals surface area contributed by atoms with Crippen LogP contribution in [0.25, 0.3) is 0 Å². The average molecular weight is 374 g/mol. The van der Waals surface area contributed by atoms with Crippen LogP contribution in [-0.2, 0) is 22.6 Å². The van der Waals surface area contributed by atoms with Gasteiger partial charge in [-0.05, 0) is 62.8 Å². The Morgan fingerprint density at radius 2 is 1.41 bits per heavy atom. The molecule has 6 heteroatoms. The van der Waals surface area contributed by atoms with E-state index in [1.807, 2.05) is 17.0 Å². The van der Waals surface area contributed by atoms with Gasteiger partial charge in [0.2, 0.25) is 11.8 Å². The number of hydrogen-bond donors (Lipinski definition) is 0. The highest BCUT2D eigenvalue weighted by Crippen LogP contribution is 2.34. The Labute approximate surface area is 161 Å². The molecule has 1 aromatic rings. The van der Waals surface area contributed by atoms with Crippen LogP contribution >= 0.6 is 0 Å². The highest BCUT2D eigenvalue weighted by molar-refractivity contribution is 6.04. The Bertz CT molecular complexity index is 723. The maximum Gasteiger partial charge on any atom is 0.238 e. The SMILES string of the molecule is COc1cc2c(cc1OC)CN(C(=O)C(C)(C)C(=O)N1CCCCC1)CC2. The molecule has 0 N–H and O–H groups in total. The third-order valence-electron chi connectivity index (χ3n) is 5.72. The predicted octanol–water partition coefficient (Wildman–Crippen LogP) is 2.63. The molecule has 0 saturated carbocycles. The fourth-order valence-corrected chi connectivity index (χ4v) is 4.04. The number of carbonyl (C=O) groups is 2. The molecule has 2 amide bonds. The molecule has 0 spiro atoms. The predicted molar refractivity (Wildman–Crippen MR) is 103 cm³/mol. The lowest BCUT2D eigenvalue weighted by atomic mass is 9.87. The van der Waals surface area contributed by atoms with Gasteiger partial charge in [0.15, 0.2) is 11.5 Å². The zero-order valence-electron chi connectivity index (χ0n) is 16.8. The van der Waals surface area contributed by atoms with E-state index in [-0.39, 0.29) is 11.8 Å². The molecule has 1 aromatic carbocycles. The van der Waals surface area contributed by atoms with E-state index in [1.54, 1.807) is 33.0 Å². The number of nitrogens with zero attached hydrogens (tertiary/aromatic N) is 2. The summed E-state index contributed by atoms with van der Waals surface area (Å²) in [6, 6.07) is 3.92. The molecule has 0 atom stereocenters. The van der Waals surface area contributed by atoms with Gasteiger partial charge in [-0.3, -0.25) is 9.59 Å². The van der Waals surface area contributed by atoms with Crippen molar-refractivity contribution in [1.29, 1.82) is 0 Å². The fraction of sp³-hybridized carbons (Fsp3) is 0.619. The smallest absolute Gasteiger partial charge is 0.238 e. The van der Waals surface area contributed by atoms with Gasteiger partial charge in [0.05, 0.1) is 14.2 Å². The number of hydrogen-bond acceptors (Lipinski definition) is 4. The molecule has 0 radical (unpaired) electrons. The topological polar surface area (TPSA) is 59.1 Å². The van der Waals surface area contributed by atoms with E-state index in [1.165, 1.54) is 0 Å². The summed E-state index contributed by atoms with van der Waals surface area (Å²) in [5.74, 6) is 1.22. The fourth-order valence-electron chi connectivity index (χ4n) is 4.04. The van der Waals surface area contributed by atoms with Crippen LogP contribution in [0.15, 0.2) is 12.1 Å². The van der Waals surface area contributed by atoms with Gasteiger partial charge in [-0.25, -0.2) is 0 Å². The lowest BCUT2D eigenvalue weighted by Gasteiger charge is -2.38. The molecule has 148 valence electrons. The van der Waals surface area contributed by atoms with Crippen molar-refractivity contribution in [3.8, 4) is 11.5 Å². The van der Waals surface area contributed by atoms with Gasteiger partial charge in [-0.2, -0.15) is 0 Å². The largest absolute Gasteiger partial charge is 0.493 e. The number of carbonyl (C=O) groups excluding carboxylic acids is 2. The Balaban J connectivity index is 1.77. The maximum absolute atomic E-state index is 13.2. The van der Waals surface area contributed by atoms with Crippen molar-refractivity contribution in [2.75, 3.05) is 33.9 Å². The molecule has 6 nitrogen and oxygen atoms in total. The van der Waals surface area contributed by atoms with Gasteiger partial charge < -0.3 is 19.3 Å². The van der Waals surface area contributed by atoms with Crippen LogP contribution in [-0.4, -0.2) is 55.5 Å². The van der Waals surface area contributed by atoms with Gasteiger partial charge in [-0.15, -0.1) is 0 Å². The molecule has 1 saturated heterocycles. The van der Waals surface area contributed by atoms with E-state index in [0.717, 1.165) is 49.9 Å². The van der Waals surface area contributed by atoms with Crippen molar-refractivity contribution in [1.82, 2.24) is 9.80 Å². The first-order chi connectivity index (χ1) is 12.9. The summed E-state index contributed by atoms with van der Waals surface area (Å²) in [7, 11) is 3.23. The molecule has 2 aliphatic heterocycles. The Hall–Kier alpha value is -2.24. The second-order valence-electron chi connectivity index (χ2n) is 7.93. The molecule has 27 heavy (non-hydrogen) atoms. The number of likely N-dealkylation sites (tertiary alicyclic amines) is 1. The Morgan fingerprint density at radius 3 is 2.00 bits per heavy atom. The standard InChI is InChI=1S/C21H30N2O4/c1-21(2,19(24)22-9-6-5-7-10-22)20(25)23-11-8-15-12-17(26-3)18(27-4)13-16(15)14-23/h12-13H,5-11,14H2,1-4H3. The Morgan fingerprint density at radius 1 is 0.852 bits per heavy atom. The quantitative estimate of drug-likeness (QED) is 0.760. The van der Waals surface area contributed by atoms with E-state index >= 15 is 0 Å². The van der Waals surface area contributed by atoms with Gasteiger partial charge >= 0.3 is 0 Å². The summed E-state index contributed by atoms with van der Waals surface area (Å²) in [6.07, 6.45) is 3.95. The van der Waals surface area contributed by atoms with E-state index in [9.17, 15) is 9.59 Å². The maximum atomic E-state index is 13.2. The van der Waals surface area contributed by atoms with E-state index in [2.05, 4.69) is 0 Å². The number of rotatable bonds is 4. The highest BCUT2D eigenvalue weighted by Gasteiger charge is 2.42. The number of methoxy groups -OCH3 is 2. The van der Waals surface area contributed by atoms with Crippen LogP contribution in [0.2, 0.25) is 0 Å². The molecule has 1 fully saturated rings. The van der Waals surface area contributed by atoms with Crippen molar-refractivity contribution in [3.05, 3.63) is 23.3 Å². The third kappa shape index (κ3) is 3.75. The van der Waals surface area contributed by atoms with Crippen LogP contribution < -0.4 is 9.47 Å². The molecule has 3 rings (SSSR count). The first-order valence-electron chi connectivity index (χ1n) is 9.71. The van der Waals surface area contributed by atoms with Crippen LogP contribution in [0.5, 0.6) is 11.5 Å². The van der Waals surface area contributed by atoms with E-state index in [4.69, 9.17) is 9.47 Å². The van der Waals surface area contributed by atoms with Crippen molar-refractivity contribution >= 4 is 11.8 Å². The van der Waals surface area contributed by atoms with Crippen molar-refractivity contribution in [2.45, 2.75) is 46.1 Å². The summed E-state index contributed by atoms with van der Waals surface area (Å²) in [4.78, 5) is 29.8. The molecule has 0 aromatic heterocycles. The third-order valence-corrected chi connectivity index (χ3v) is 5.72. The monoisotopic (exact) mass is 374 g/mol. The minimum atomic E-state index is -1.04. The zero-order chi connectivity index (χ0) is 19.6. The number of ether oxygens (including phenoxy) is 2. The van der Waals surface area contributed by atoms with Gasteiger partial charge in [-0.1, -0.05) is 0 Å². The van der Waals surface area contributed by atoms with Crippen LogP contribution in [0.4, 0.5) is 0 Å². The average Bonchev–Trinajstić information content (AvgIpc) is 2.71. The molecule has 0 aliphatic carbocycles.